The fraction of sp³-hybridized carbons (Fsp3) is 0.125. The first-order valence-electron chi connectivity index (χ1n) is 9.69. The van der Waals surface area contributed by atoms with Crippen LogP contribution >= 0.6 is 0 Å². The minimum Gasteiger partial charge on any atom is -0.418 e. The zero-order valence-corrected chi connectivity index (χ0v) is 16.8. The summed E-state index contributed by atoms with van der Waals surface area (Å²) in [6.07, 6.45) is 0. The third kappa shape index (κ3) is 4.38. The van der Waals surface area contributed by atoms with E-state index < -0.39 is 6.04 Å². The number of benzene rings is 3. The van der Waals surface area contributed by atoms with Gasteiger partial charge in [-0.1, -0.05) is 60.7 Å². The highest BCUT2D eigenvalue weighted by atomic mass is 16.4. The van der Waals surface area contributed by atoms with Crippen LogP contribution in [0.1, 0.15) is 28.6 Å². The van der Waals surface area contributed by atoms with Gasteiger partial charge in [0.25, 0.3) is 0 Å². The second-order valence-corrected chi connectivity index (χ2v) is 7.07. The molecule has 4 rings (SSSR count). The third-order valence-electron chi connectivity index (χ3n) is 4.76. The molecule has 0 aliphatic rings. The zero-order valence-electron chi connectivity index (χ0n) is 16.8. The van der Waals surface area contributed by atoms with E-state index in [0.717, 1.165) is 27.9 Å². The van der Waals surface area contributed by atoms with Crippen molar-refractivity contribution in [3.8, 4) is 11.5 Å². The van der Waals surface area contributed by atoms with Gasteiger partial charge in [-0.25, -0.2) is 4.79 Å². The van der Waals surface area contributed by atoms with Gasteiger partial charge in [0.2, 0.25) is 11.8 Å². The molecule has 0 bridgehead atoms. The van der Waals surface area contributed by atoms with E-state index in [9.17, 15) is 4.79 Å². The first-order valence-corrected chi connectivity index (χ1v) is 9.69. The molecule has 0 spiro atoms. The van der Waals surface area contributed by atoms with Gasteiger partial charge >= 0.3 is 6.03 Å². The third-order valence-corrected chi connectivity index (χ3v) is 4.76. The van der Waals surface area contributed by atoms with Gasteiger partial charge in [0.1, 0.15) is 6.04 Å². The fourth-order valence-corrected chi connectivity index (χ4v) is 3.14. The Kier molecular flexibility index (Phi) is 5.57. The summed E-state index contributed by atoms with van der Waals surface area (Å²) >= 11 is 0. The Hall–Kier alpha value is -3.93. The molecule has 1 atom stereocenters. The Balaban J connectivity index is 1.60. The highest BCUT2D eigenvalue weighted by molar-refractivity contribution is 5.90. The largest absolute Gasteiger partial charge is 0.418 e. The summed E-state index contributed by atoms with van der Waals surface area (Å²) in [5.74, 6) is 0.722. The van der Waals surface area contributed by atoms with Crippen LogP contribution < -0.4 is 10.6 Å². The van der Waals surface area contributed by atoms with E-state index in [-0.39, 0.29) is 6.03 Å². The van der Waals surface area contributed by atoms with Gasteiger partial charge < -0.3 is 15.1 Å². The molecule has 1 aromatic heterocycles. The zero-order chi connectivity index (χ0) is 20.9. The Morgan fingerprint density at radius 3 is 2.33 bits per heavy atom. The van der Waals surface area contributed by atoms with E-state index in [1.807, 2.05) is 92.7 Å². The lowest BCUT2D eigenvalue weighted by Crippen LogP contribution is -2.33. The number of hydrogen-bond donors (Lipinski definition) is 2. The molecule has 6 nitrogen and oxygen atoms in total. The van der Waals surface area contributed by atoms with Crippen molar-refractivity contribution in [2.75, 3.05) is 5.32 Å². The van der Waals surface area contributed by atoms with E-state index in [1.54, 1.807) is 0 Å². The molecule has 4 aromatic rings. The number of nitrogens with one attached hydrogen (secondary N) is 2. The van der Waals surface area contributed by atoms with Crippen molar-refractivity contribution in [3.05, 3.63) is 101 Å². The molecular weight excluding hydrogens is 376 g/mol. The Bertz CT molecular complexity index is 1140. The average Bonchev–Trinajstić information content (AvgIpc) is 3.26. The highest BCUT2D eigenvalue weighted by Crippen LogP contribution is 2.25. The summed E-state index contributed by atoms with van der Waals surface area (Å²) in [6.45, 7) is 3.94. The second kappa shape index (κ2) is 8.61. The molecule has 2 N–H and O–H groups in total. The van der Waals surface area contributed by atoms with Crippen molar-refractivity contribution in [3.63, 3.8) is 0 Å². The van der Waals surface area contributed by atoms with Gasteiger partial charge in [-0.2, -0.15) is 0 Å². The van der Waals surface area contributed by atoms with Gasteiger partial charge in [-0.05, 0) is 48.7 Å². The normalized spacial score (nSPS) is 11.7. The van der Waals surface area contributed by atoms with Gasteiger partial charge in [-0.15, -0.1) is 10.2 Å². The van der Waals surface area contributed by atoms with Gasteiger partial charge in [-0.3, -0.25) is 0 Å². The predicted molar refractivity (Wildman–Crippen MR) is 116 cm³/mol. The summed E-state index contributed by atoms with van der Waals surface area (Å²) in [5.41, 5.74) is 4.48. The number of rotatable bonds is 5. The van der Waals surface area contributed by atoms with Gasteiger partial charge in [0.05, 0.1) is 0 Å². The van der Waals surface area contributed by atoms with Gasteiger partial charge in [0, 0.05) is 11.3 Å². The number of anilines is 1. The summed E-state index contributed by atoms with van der Waals surface area (Å²) in [4.78, 5) is 12.8. The van der Waals surface area contributed by atoms with Crippen molar-refractivity contribution < 1.29 is 9.21 Å². The maximum Gasteiger partial charge on any atom is 0.320 e. The van der Waals surface area contributed by atoms with Crippen molar-refractivity contribution >= 4 is 11.7 Å². The van der Waals surface area contributed by atoms with Crippen molar-refractivity contribution in [2.45, 2.75) is 19.9 Å². The molecule has 1 unspecified atom stereocenters. The standard InChI is InChI=1S/C24H22N4O2/c1-16-13-14-17(2)20(15-16)25-24(29)26-21(18-9-5-3-6-10-18)23-28-27-22(30-23)19-11-7-4-8-12-19/h3-15,21H,1-2H3,(H2,25,26,29). The number of aryl methyl sites for hydroxylation is 2. The first kappa shape index (κ1) is 19.4. The topological polar surface area (TPSA) is 80.0 Å². The van der Waals surface area contributed by atoms with Crippen LogP contribution in [0.15, 0.2) is 83.3 Å². The number of amides is 2. The lowest BCUT2D eigenvalue weighted by molar-refractivity contribution is 0.248. The Labute approximate surface area is 175 Å². The molecule has 0 fully saturated rings. The lowest BCUT2D eigenvalue weighted by atomic mass is 10.1. The van der Waals surface area contributed by atoms with E-state index in [2.05, 4.69) is 20.8 Å². The van der Waals surface area contributed by atoms with E-state index in [0.29, 0.717) is 11.8 Å². The molecule has 3 aromatic carbocycles. The number of urea groups is 1. The monoisotopic (exact) mass is 398 g/mol. The van der Waals surface area contributed by atoms with Crippen LogP contribution in [0.5, 0.6) is 0 Å². The average molecular weight is 398 g/mol. The minimum absolute atomic E-state index is 0.316. The predicted octanol–water partition coefficient (Wildman–Crippen LogP) is 5.26. The second-order valence-electron chi connectivity index (χ2n) is 7.07. The highest BCUT2D eigenvalue weighted by Gasteiger charge is 2.23. The summed E-state index contributed by atoms with van der Waals surface area (Å²) in [5, 5.41) is 14.2. The minimum atomic E-state index is -0.582. The molecule has 0 aliphatic carbocycles. The quantitative estimate of drug-likeness (QED) is 0.480. The first-order chi connectivity index (χ1) is 14.6. The number of hydrogen-bond acceptors (Lipinski definition) is 4. The molecule has 6 heteroatoms. The maximum atomic E-state index is 12.8. The Morgan fingerprint density at radius 1 is 0.900 bits per heavy atom. The number of carbonyl (C=O) groups excluding carboxylic acids is 1. The molecule has 2 amide bonds. The van der Waals surface area contributed by atoms with E-state index in [1.165, 1.54) is 0 Å². The molecular formula is C24H22N4O2. The van der Waals surface area contributed by atoms with Crippen molar-refractivity contribution in [1.82, 2.24) is 15.5 Å². The van der Waals surface area contributed by atoms with Crippen LogP contribution in [0.3, 0.4) is 0 Å². The van der Waals surface area contributed by atoms with E-state index in [4.69, 9.17) is 4.42 Å². The van der Waals surface area contributed by atoms with Gasteiger partial charge in [0.15, 0.2) is 0 Å². The van der Waals surface area contributed by atoms with Crippen molar-refractivity contribution in [1.29, 1.82) is 0 Å². The van der Waals surface area contributed by atoms with Crippen LogP contribution in [0, 0.1) is 13.8 Å². The lowest BCUT2D eigenvalue weighted by Gasteiger charge is -2.17. The number of aromatic nitrogens is 2. The Morgan fingerprint density at radius 2 is 1.60 bits per heavy atom. The molecule has 0 radical (unpaired) electrons. The smallest absolute Gasteiger partial charge is 0.320 e. The summed E-state index contributed by atoms with van der Waals surface area (Å²) < 4.78 is 5.92. The molecule has 0 saturated carbocycles. The van der Waals surface area contributed by atoms with Crippen LogP contribution in [0.2, 0.25) is 0 Å². The van der Waals surface area contributed by atoms with Crippen LogP contribution in [-0.4, -0.2) is 16.2 Å². The molecule has 30 heavy (non-hydrogen) atoms. The number of nitrogens with zero attached hydrogens (tertiary/aromatic N) is 2. The van der Waals surface area contributed by atoms with Crippen LogP contribution in [-0.2, 0) is 0 Å². The van der Waals surface area contributed by atoms with Crippen LogP contribution in [0.4, 0.5) is 10.5 Å². The fourth-order valence-electron chi connectivity index (χ4n) is 3.14. The molecule has 150 valence electrons. The molecule has 0 saturated heterocycles. The van der Waals surface area contributed by atoms with Crippen LogP contribution in [0.25, 0.3) is 11.5 Å². The molecule has 0 aliphatic heterocycles. The van der Waals surface area contributed by atoms with Crippen molar-refractivity contribution in [2.24, 2.45) is 0 Å². The summed E-state index contributed by atoms with van der Waals surface area (Å²) in [7, 11) is 0. The SMILES string of the molecule is Cc1ccc(C)c(NC(=O)NC(c2ccccc2)c2nnc(-c3ccccc3)o2)c1. The summed E-state index contributed by atoms with van der Waals surface area (Å²) in [6, 6.07) is 24.1. The number of carbonyl (C=O) groups is 1. The maximum absolute atomic E-state index is 12.8. The van der Waals surface area contributed by atoms with E-state index >= 15 is 0 Å². The molecule has 1 heterocycles.